The van der Waals surface area contributed by atoms with E-state index in [9.17, 15) is 9.59 Å². The molecule has 24 heavy (non-hydrogen) atoms. The van der Waals surface area contributed by atoms with Crippen LogP contribution in [0.2, 0.25) is 0 Å². The van der Waals surface area contributed by atoms with Gasteiger partial charge in [-0.05, 0) is 43.0 Å². The quantitative estimate of drug-likeness (QED) is 0.797. The molecule has 0 spiro atoms. The van der Waals surface area contributed by atoms with Gasteiger partial charge in [-0.15, -0.1) is 5.10 Å². The minimum Gasteiger partial charge on any atom is -0.341 e. The van der Waals surface area contributed by atoms with Gasteiger partial charge in [0.1, 0.15) is 18.2 Å². The Labute approximate surface area is 138 Å². The minimum atomic E-state index is -0.395. The molecule has 10 heteroatoms. The number of amides is 1. The first kappa shape index (κ1) is 16.3. The van der Waals surface area contributed by atoms with E-state index in [0.717, 1.165) is 25.1 Å². The molecule has 0 aromatic carbocycles. The van der Waals surface area contributed by atoms with Gasteiger partial charge in [0, 0.05) is 26.1 Å². The third-order valence-corrected chi connectivity index (χ3v) is 4.67. The number of nitrogens with zero attached hydrogens (tertiary/aromatic N) is 7. The van der Waals surface area contributed by atoms with Crippen LogP contribution in [-0.2, 0) is 17.8 Å². The number of nitrogens with one attached hydrogen (secondary N) is 1. The molecule has 0 aliphatic carbocycles. The molecule has 0 radical (unpaired) electrons. The van der Waals surface area contributed by atoms with Gasteiger partial charge in [-0.1, -0.05) is 0 Å². The smallest absolute Gasteiger partial charge is 0.341 e. The van der Waals surface area contributed by atoms with E-state index in [1.807, 2.05) is 11.8 Å². The predicted molar refractivity (Wildman–Crippen MR) is 84.1 cm³/mol. The number of tetrazole rings is 1. The van der Waals surface area contributed by atoms with E-state index in [-0.39, 0.29) is 11.6 Å². The van der Waals surface area contributed by atoms with E-state index in [1.54, 1.807) is 11.5 Å². The summed E-state index contributed by atoms with van der Waals surface area (Å²) in [6.07, 6.45) is 4.02. The fourth-order valence-corrected chi connectivity index (χ4v) is 3.17. The zero-order valence-electron chi connectivity index (χ0n) is 13.9. The number of carbonyl (C=O) groups is 1. The molecule has 0 saturated carbocycles. The summed E-state index contributed by atoms with van der Waals surface area (Å²) in [5.74, 6) is 1.26. The monoisotopic (exact) mass is 334 g/mol. The average molecular weight is 334 g/mol. The third kappa shape index (κ3) is 3.22. The third-order valence-electron chi connectivity index (χ3n) is 4.67. The molecule has 1 amide bonds. The Morgan fingerprint density at radius 3 is 2.79 bits per heavy atom. The Bertz CT molecular complexity index is 726. The number of H-pyrrole nitrogens is 1. The summed E-state index contributed by atoms with van der Waals surface area (Å²) in [4.78, 5) is 26.0. The van der Waals surface area contributed by atoms with Crippen molar-refractivity contribution in [2.75, 3.05) is 13.1 Å². The maximum atomic E-state index is 12.5. The number of aromatic nitrogens is 7. The predicted octanol–water partition coefficient (Wildman–Crippen LogP) is -0.380. The van der Waals surface area contributed by atoms with E-state index >= 15 is 0 Å². The maximum Gasteiger partial charge on any atom is 0.343 e. The van der Waals surface area contributed by atoms with Gasteiger partial charge in [0.25, 0.3) is 0 Å². The number of rotatable bonds is 5. The largest absolute Gasteiger partial charge is 0.343 e. The van der Waals surface area contributed by atoms with Crippen molar-refractivity contribution in [3.63, 3.8) is 0 Å². The molecule has 1 saturated heterocycles. The topological polar surface area (TPSA) is 115 Å². The van der Waals surface area contributed by atoms with Gasteiger partial charge in [-0.25, -0.2) is 14.6 Å². The lowest BCUT2D eigenvalue weighted by Gasteiger charge is -2.33. The number of aromatic amines is 1. The number of piperidine rings is 1. The second kappa shape index (κ2) is 6.93. The van der Waals surface area contributed by atoms with Gasteiger partial charge in [0.05, 0.1) is 0 Å². The van der Waals surface area contributed by atoms with Gasteiger partial charge in [-0.3, -0.25) is 9.36 Å². The maximum absolute atomic E-state index is 12.5. The van der Waals surface area contributed by atoms with E-state index in [0.29, 0.717) is 25.6 Å². The van der Waals surface area contributed by atoms with Crippen LogP contribution in [0.1, 0.15) is 38.6 Å². The van der Waals surface area contributed by atoms with Gasteiger partial charge < -0.3 is 4.90 Å². The summed E-state index contributed by atoms with van der Waals surface area (Å²) in [5.41, 5.74) is -0.157. The van der Waals surface area contributed by atoms with Crippen LogP contribution in [0.5, 0.6) is 0 Å². The highest BCUT2D eigenvalue weighted by atomic mass is 16.2. The van der Waals surface area contributed by atoms with Crippen molar-refractivity contribution in [3.8, 4) is 0 Å². The molecule has 0 bridgehead atoms. The van der Waals surface area contributed by atoms with Crippen molar-refractivity contribution in [1.29, 1.82) is 0 Å². The standard InChI is InChI=1S/C14H22N8O2/c1-3-21-12(16-17-14(21)24)8-11-4-6-20(7-5-11)13(23)10(2)22-9-15-18-19-22/h9-11H,3-8H2,1-2H3,(H,17,24)/t10-/m0/s1. The van der Waals surface area contributed by atoms with Crippen molar-refractivity contribution in [2.24, 2.45) is 5.92 Å². The Balaban J connectivity index is 1.56. The van der Waals surface area contributed by atoms with E-state index in [2.05, 4.69) is 25.7 Å². The van der Waals surface area contributed by atoms with Crippen molar-refractivity contribution >= 4 is 5.91 Å². The summed E-state index contributed by atoms with van der Waals surface area (Å²) in [5, 5.41) is 17.6. The molecule has 1 fully saturated rings. The van der Waals surface area contributed by atoms with E-state index in [1.165, 1.54) is 11.0 Å². The number of hydrogen-bond acceptors (Lipinski definition) is 6. The molecular weight excluding hydrogens is 312 g/mol. The lowest BCUT2D eigenvalue weighted by atomic mass is 9.93. The molecule has 10 nitrogen and oxygen atoms in total. The van der Waals surface area contributed by atoms with Gasteiger partial charge in [-0.2, -0.15) is 5.10 Å². The molecule has 3 rings (SSSR count). The highest BCUT2D eigenvalue weighted by Gasteiger charge is 2.28. The first-order valence-corrected chi connectivity index (χ1v) is 8.25. The molecule has 1 aliphatic rings. The van der Waals surface area contributed by atoms with Crippen LogP contribution in [0.3, 0.4) is 0 Å². The summed E-state index contributed by atoms with van der Waals surface area (Å²) < 4.78 is 3.13. The Hall–Kier alpha value is -2.52. The summed E-state index contributed by atoms with van der Waals surface area (Å²) in [6.45, 7) is 5.76. The molecule has 2 aromatic rings. The van der Waals surface area contributed by atoms with Crippen molar-refractivity contribution in [1.82, 2.24) is 39.9 Å². The van der Waals surface area contributed by atoms with Crippen LogP contribution in [0, 0.1) is 5.92 Å². The van der Waals surface area contributed by atoms with Crippen LogP contribution in [0.25, 0.3) is 0 Å². The normalized spacial score (nSPS) is 17.2. The lowest BCUT2D eigenvalue weighted by Crippen LogP contribution is -2.42. The molecule has 1 aliphatic heterocycles. The Kier molecular flexibility index (Phi) is 4.72. The summed E-state index contributed by atoms with van der Waals surface area (Å²) >= 11 is 0. The number of likely N-dealkylation sites (tertiary alicyclic amines) is 1. The SMILES string of the molecule is CCn1c(CC2CCN(C(=O)[C@H](C)n3cnnn3)CC2)n[nH]c1=O. The molecule has 130 valence electrons. The highest BCUT2D eigenvalue weighted by molar-refractivity contribution is 5.80. The summed E-state index contributed by atoms with van der Waals surface area (Å²) in [7, 11) is 0. The fourth-order valence-electron chi connectivity index (χ4n) is 3.17. The average Bonchev–Trinajstić information content (AvgIpc) is 3.24. The lowest BCUT2D eigenvalue weighted by molar-refractivity contribution is -0.136. The first-order chi connectivity index (χ1) is 11.6. The van der Waals surface area contributed by atoms with Crippen LogP contribution < -0.4 is 5.69 Å². The van der Waals surface area contributed by atoms with Crippen LogP contribution in [0.15, 0.2) is 11.1 Å². The van der Waals surface area contributed by atoms with Crippen LogP contribution in [0.4, 0.5) is 0 Å². The van der Waals surface area contributed by atoms with E-state index < -0.39 is 6.04 Å². The Morgan fingerprint density at radius 2 is 2.17 bits per heavy atom. The van der Waals surface area contributed by atoms with Gasteiger partial charge in [0.15, 0.2) is 0 Å². The van der Waals surface area contributed by atoms with Crippen LogP contribution in [-0.4, -0.2) is 58.9 Å². The van der Waals surface area contributed by atoms with E-state index in [4.69, 9.17) is 0 Å². The molecule has 2 aromatic heterocycles. The zero-order valence-corrected chi connectivity index (χ0v) is 13.9. The number of hydrogen-bond donors (Lipinski definition) is 1. The van der Waals surface area contributed by atoms with Gasteiger partial charge >= 0.3 is 5.69 Å². The summed E-state index contributed by atoms with van der Waals surface area (Å²) in [6, 6.07) is -0.395. The molecule has 1 N–H and O–H groups in total. The minimum absolute atomic E-state index is 0.0333. The van der Waals surface area contributed by atoms with Crippen molar-refractivity contribution < 1.29 is 4.79 Å². The molecular formula is C14H22N8O2. The molecule has 1 atom stereocenters. The second-order valence-corrected chi connectivity index (χ2v) is 6.13. The van der Waals surface area contributed by atoms with Crippen molar-refractivity contribution in [3.05, 3.63) is 22.6 Å². The first-order valence-electron chi connectivity index (χ1n) is 8.25. The highest BCUT2D eigenvalue weighted by Crippen LogP contribution is 2.22. The number of carbonyl (C=O) groups excluding carboxylic acids is 1. The molecule has 0 unspecified atom stereocenters. The van der Waals surface area contributed by atoms with Crippen molar-refractivity contribution in [2.45, 2.75) is 45.7 Å². The zero-order chi connectivity index (χ0) is 17.1. The fraction of sp³-hybridized carbons (Fsp3) is 0.714. The Morgan fingerprint density at radius 1 is 1.42 bits per heavy atom. The molecule has 3 heterocycles. The van der Waals surface area contributed by atoms with Gasteiger partial charge in [0.2, 0.25) is 5.91 Å². The van der Waals surface area contributed by atoms with Crippen LogP contribution >= 0.6 is 0 Å². The second-order valence-electron chi connectivity index (χ2n) is 6.13.